The van der Waals surface area contributed by atoms with Crippen molar-refractivity contribution in [3.8, 4) is 0 Å². The summed E-state index contributed by atoms with van der Waals surface area (Å²) in [4.78, 5) is 41.7. The Morgan fingerprint density at radius 1 is 1.13 bits per heavy atom. The standard InChI is InChI=1S/C21H27N5O3S/c1-12-13(2)22-14(3)23-19(12)25-7-6-15-16(10-25)30-21-18(15)20(28)24(4)11-17(27)26(21)8-9-29-5/h6-11H2,1-5H3. The van der Waals surface area contributed by atoms with E-state index in [9.17, 15) is 9.59 Å². The Labute approximate surface area is 180 Å². The number of hydrogen-bond donors (Lipinski definition) is 0. The maximum absolute atomic E-state index is 13.1. The number of thiophene rings is 1. The zero-order chi connectivity index (χ0) is 21.6. The van der Waals surface area contributed by atoms with Crippen molar-refractivity contribution in [2.24, 2.45) is 0 Å². The van der Waals surface area contributed by atoms with Gasteiger partial charge in [-0.1, -0.05) is 0 Å². The minimum atomic E-state index is -0.0749. The lowest BCUT2D eigenvalue weighted by atomic mass is 10.0. The summed E-state index contributed by atoms with van der Waals surface area (Å²) in [6.07, 6.45) is 0.745. The molecule has 0 unspecified atom stereocenters. The second-order valence-electron chi connectivity index (χ2n) is 7.86. The van der Waals surface area contributed by atoms with E-state index in [0.29, 0.717) is 25.3 Å². The molecule has 0 fully saturated rings. The molecule has 0 atom stereocenters. The summed E-state index contributed by atoms with van der Waals surface area (Å²) in [6.45, 7) is 8.36. The van der Waals surface area contributed by atoms with Gasteiger partial charge in [0, 0.05) is 36.8 Å². The fourth-order valence-corrected chi connectivity index (χ4v) is 5.51. The number of aromatic nitrogens is 2. The van der Waals surface area contributed by atoms with Gasteiger partial charge in [0.05, 0.1) is 25.3 Å². The SMILES string of the molecule is COCCN1C(=O)CN(C)C(=O)c2c1sc1c2CCN(c2nc(C)nc(C)c2C)C1. The first-order valence-electron chi connectivity index (χ1n) is 10.1. The molecule has 30 heavy (non-hydrogen) atoms. The van der Waals surface area contributed by atoms with Crippen molar-refractivity contribution in [1.29, 1.82) is 0 Å². The Morgan fingerprint density at radius 3 is 2.63 bits per heavy atom. The normalized spacial score (nSPS) is 16.6. The van der Waals surface area contributed by atoms with Crippen molar-refractivity contribution >= 4 is 34.0 Å². The average molecular weight is 430 g/mol. The van der Waals surface area contributed by atoms with E-state index in [1.54, 1.807) is 30.4 Å². The molecule has 2 aliphatic rings. The van der Waals surface area contributed by atoms with Gasteiger partial charge in [0.25, 0.3) is 5.91 Å². The van der Waals surface area contributed by atoms with Gasteiger partial charge in [0.1, 0.15) is 23.2 Å². The molecule has 0 radical (unpaired) electrons. The van der Waals surface area contributed by atoms with Crippen LogP contribution >= 0.6 is 11.3 Å². The van der Waals surface area contributed by atoms with Gasteiger partial charge < -0.3 is 14.5 Å². The number of methoxy groups -OCH3 is 1. The number of hydrogen-bond acceptors (Lipinski definition) is 7. The van der Waals surface area contributed by atoms with Gasteiger partial charge in [-0.15, -0.1) is 11.3 Å². The fourth-order valence-electron chi connectivity index (χ4n) is 4.11. The van der Waals surface area contributed by atoms with Crippen LogP contribution in [0.15, 0.2) is 0 Å². The van der Waals surface area contributed by atoms with Crippen molar-refractivity contribution in [2.75, 3.05) is 50.2 Å². The highest BCUT2D eigenvalue weighted by Crippen LogP contribution is 2.42. The first-order valence-corrected chi connectivity index (χ1v) is 10.9. The third-order valence-electron chi connectivity index (χ3n) is 5.81. The molecule has 2 aromatic heterocycles. The van der Waals surface area contributed by atoms with E-state index >= 15 is 0 Å². The first-order chi connectivity index (χ1) is 14.3. The Bertz CT molecular complexity index is 1020. The lowest BCUT2D eigenvalue weighted by Gasteiger charge is -2.30. The number of likely N-dealkylation sites (N-methyl/N-ethyl adjacent to an activating group) is 1. The first kappa shape index (κ1) is 20.7. The van der Waals surface area contributed by atoms with E-state index in [1.165, 1.54) is 4.90 Å². The van der Waals surface area contributed by atoms with Crippen LogP contribution in [0.25, 0.3) is 0 Å². The summed E-state index contributed by atoms with van der Waals surface area (Å²) in [6, 6.07) is 0. The number of carbonyl (C=O) groups excluding carboxylic acids is 2. The molecule has 160 valence electrons. The van der Waals surface area contributed by atoms with E-state index in [2.05, 4.69) is 14.9 Å². The van der Waals surface area contributed by atoms with Crippen LogP contribution in [0.5, 0.6) is 0 Å². The lowest BCUT2D eigenvalue weighted by Crippen LogP contribution is -2.39. The largest absolute Gasteiger partial charge is 0.383 e. The maximum atomic E-state index is 13.1. The maximum Gasteiger partial charge on any atom is 0.257 e. The van der Waals surface area contributed by atoms with E-state index in [1.807, 2.05) is 20.8 Å². The molecule has 4 heterocycles. The highest BCUT2D eigenvalue weighted by atomic mass is 32.1. The number of anilines is 2. The highest BCUT2D eigenvalue weighted by Gasteiger charge is 2.37. The molecule has 2 aliphatic heterocycles. The minimum Gasteiger partial charge on any atom is -0.383 e. The van der Waals surface area contributed by atoms with Crippen LogP contribution in [0.4, 0.5) is 10.8 Å². The van der Waals surface area contributed by atoms with Crippen LogP contribution in [0.2, 0.25) is 0 Å². The van der Waals surface area contributed by atoms with E-state index in [0.717, 1.165) is 51.3 Å². The lowest BCUT2D eigenvalue weighted by molar-refractivity contribution is -0.119. The topological polar surface area (TPSA) is 78.9 Å². The number of rotatable bonds is 4. The molecular formula is C21H27N5O3S. The van der Waals surface area contributed by atoms with Crippen LogP contribution in [0, 0.1) is 20.8 Å². The van der Waals surface area contributed by atoms with Gasteiger partial charge in [-0.05, 0) is 32.8 Å². The Balaban J connectivity index is 1.75. The predicted molar refractivity (Wildman–Crippen MR) is 117 cm³/mol. The van der Waals surface area contributed by atoms with Crippen molar-refractivity contribution in [3.05, 3.63) is 33.1 Å². The van der Waals surface area contributed by atoms with Crippen molar-refractivity contribution in [2.45, 2.75) is 33.7 Å². The second kappa shape index (κ2) is 7.96. The van der Waals surface area contributed by atoms with Crippen LogP contribution in [0.3, 0.4) is 0 Å². The summed E-state index contributed by atoms with van der Waals surface area (Å²) in [5, 5.41) is 0.755. The smallest absolute Gasteiger partial charge is 0.257 e. The monoisotopic (exact) mass is 429 g/mol. The summed E-state index contributed by atoms with van der Waals surface area (Å²) < 4.78 is 5.20. The molecule has 4 rings (SSSR count). The third-order valence-corrected chi connectivity index (χ3v) is 7.05. The molecule has 0 spiro atoms. The van der Waals surface area contributed by atoms with Gasteiger partial charge >= 0.3 is 0 Å². The molecule has 0 aliphatic carbocycles. The van der Waals surface area contributed by atoms with Gasteiger partial charge in [-0.2, -0.15) is 0 Å². The zero-order valence-electron chi connectivity index (χ0n) is 18.1. The van der Waals surface area contributed by atoms with E-state index in [-0.39, 0.29) is 18.4 Å². The number of fused-ring (bicyclic) bond motifs is 3. The van der Waals surface area contributed by atoms with Crippen LogP contribution in [0.1, 0.15) is 37.9 Å². The van der Waals surface area contributed by atoms with E-state index in [4.69, 9.17) is 4.74 Å². The van der Waals surface area contributed by atoms with E-state index < -0.39 is 0 Å². The van der Waals surface area contributed by atoms with Crippen LogP contribution in [-0.2, 0) is 22.5 Å². The van der Waals surface area contributed by atoms with Gasteiger partial charge in [-0.3, -0.25) is 14.5 Å². The van der Waals surface area contributed by atoms with Crippen LogP contribution < -0.4 is 9.80 Å². The zero-order valence-corrected chi connectivity index (χ0v) is 18.9. The average Bonchev–Trinajstić information content (AvgIpc) is 3.04. The summed E-state index contributed by atoms with van der Waals surface area (Å²) >= 11 is 1.55. The number of amides is 2. The number of ether oxygens (including phenoxy) is 1. The summed E-state index contributed by atoms with van der Waals surface area (Å²) in [7, 11) is 3.31. The van der Waals surface area contributed by atoms with Gasteiger partial charge in [0.2, 0.25) is 5.91 Å². The number of carbonyl (C=O) groups is 2. The second-order valence-corrected chi connectivity index (χ2v) is 8.94. The molecule has 2 aromatic rings. The predicted octanol–water partition coefficient (Wildman–Crippen LogP) is 2.09. The molecule has 9 heteroatoms. The van der Waals surface area contributed by atoms with Crippen molar-refractivity contribution in [1.82, 2.24) is 14.9 Å². The highest BCUT2D eigenvalue weighted by molar-refractivity contribution is 7.17. The third kappa shape index (κ3) is 3.45. The number of aryl methyl sites for hydroxylation is 2. The molecule has 0 bridgehead atoms. The number of nitrogens with zero attached hydrogens (tertiary/aromatic N) is 5. The molecular weight excluding hydrogens is 402 g/mol. The summed E-state index contributed by atoms with van der Waals surface area (Å²) in [5.41, 5.74) is 3.82. The molecule has 2 amide bonds. The quantitative estimate of drug-likeness (QED) is 0.741. The fraction of sp³-hybridized carbons (Fsp3) is 0.524. The Morgan fingerprint density at radius 2 is 1.90 bits per heavy atom. The molecule has 0 N–H and O–H groups in total. The molecule has 0 aromatic carbocycles. The molecule has 0 saturated carbocycles. The molecule has 8 nitrogen and oxygen atoms in total. The van der Waals surface area contributed by atoms with Gasteiger partial charge in [0.15, 0.2) is 0 Å². The summed E-state index contributed by atoms with van der Waals surface area (Å²) in [5.74, 6) is 1.56. The Hall–Kier alpha value is -2.52. The van der Waals surface area contributed by atoms with Crippen molar-refractivity contribution in [3.63, 3.8) is 0 Å². The molecule has 0 saturated heterocycles. The minimum absolute atomic E-state index is 0.0741. The van der Waals surface area contributed by atoms with Gasteiger partial charge in [-0.25, -0.2) is 9.97 Å². The van der Waals surface area contributed by atoms with Crippen LogP contribution in [-0.4, -0.2) is 67.1 Å². The van der Waals surface area contributed by atoms with Crippen molar-refractivity contribution < 1.29 is 14.3 Å². The Kier molecular flexibility index (Phi) is 5.50.